The minimum absolute atomic E-state index is 0.00202. The van der Waals surface area contributed by atoms with Gasteiger partial charge in [-0.25, -0.2) is 0 Å². The zero-order valence-electron chi connectivity index (χ0n) is 7.25. The van der Waals surface area contributed by atoms with Crippen LogP contribution < -0.4 is 11.1 Å². The highest BCUT2D eigenvalue weighted by molar-refractivity contribution is 6.28. The lowest BCUT2D eigenvalue weighted by Crippen LogP contribution is -2.35. The molecule has 74 valence electrons. The average Bonchev–Trinajstić information content (AvgIpc) is 2.50. The molecule has 3 N–H and O–H groups in total. The maximum atomic E-state index is 11.1. The molecule has 0 radical (unpaired) electrons. The van der Waals surface area contributed by atoms with Crippen LogP contribution in [0.3, 0.4) is 0 Å². The predicted molar refractivity (Wildman–Crippen MR) is 49.4 cm³/mol. The van der Waals surface area contributed by atoms with E-state index in [1.807, 2.05) is 0 Å². The Hall–Kier alpha value is -0.610. The largest absolute Gasteiger partial charge is 0.356 e. The Morgan fingerprint density at radius 1 is 1.77 bits per heavy atom. The van der Waals surface area contributed by atoms with Crippen molar-refractivity contribution >= 4 is 23.3 Å². The number of halogens is 1. The van der Waals surface area contributed by atoms with Gasteiger partial charge in [-0.1, -0.05) is 0 Å². The van der Waals surface area contributed by atoms with Crippen molar-refractivity contribution < 1.29 is 9.59 Å². The number of ketones is 1. The molecule has 2 unspecified atom stereocenters. The van der Waals surface area contributed by atoms with E-state index in [1.54, 1.807) is 0 Å². The SMILES string of the molecule is NC(CC1CCNC1=O)C(=O)CCl. The fraction of sp³-hybridized carbons (Fsp3) is 0.750. The van der Waals surface area contributed by atoms with Crippen molar-refractivity contribution in [2.45, 2.75) is 18.9 Å². The molecule has 1 aliphatic heterocycles. The summed E-state index contributed by atoms with van der Waals surface area (Å²) in [5.74, 6) is -0.378. The number of nitrogens with one attached hydrogen (secondary N) is 1. The predicted octanol–water partition coefficient (Wildman–Crippen LogP) is -0.352. The molecule has 1 heterocycles. The Labute approximate surface area is 81.8 Å². The van der Waals surface area contributed by atoms with Crippen LogP contribution in [0.15, 0.2) is 0 Å². The van der Waals surface area contributed by atoms with Gasteiger partial charge in [-0.2, -0.15) is 0 Å². The second kappa shape index (κ2) is 4.58. The Kier molecular flexibility index (Phi) is 3.69. The molecule has 2 atom stereocenters. The lowest BCUT2D eigenvalue weighted by atomic mass is 9.97. The highest BCUT2D eigenvalue weighted by Crippen LogP contribution is 2.15. The standard InChI is InChI=1S/C8H13ClN2O2/c9-4-7(12)6(10)3-5-1-2-11-8(5)13/h5-6H,1-4,10H2,(H,11,13). The van der Waals surface area contributed by atoms with Crippen LogP contribution >= 0.6 is 11.6 Å². The van der Waals surface area contributed by atoms with Crippen LogP contribution in [-0.2, 0) is 9.59 Å². The first kappa shape index (κ1) is 10.5. The molecule has 0 bridgehead atoms. The second-order valence-corrected chi connectivity index (χ2v) is 3.49. The van der Waals surface area contributed by atoms with Gasteiger partial charge in [0.1, 0.15) is 0 Å². The summed E-state index contributed by atoms with van der Waals surface area (Å²) >= 11 is 5.34. The van der Waals surface area contributed by atoms with Gasteiger partial charge in [0.25, 0.3) is 0 Å². The van der Waals surface area contributed by atoms with Gasteiger partial charge in [-0.05, 0) is 12.8 Å². The van der Waals surface area contributed by atoms with Crippen molar-refractivity contribution in [1.82, 2.24) is 5.32 Å². The summed E-state index contributed by atoms with van der Waals surface area (Å²) in [7, 11) is 0. The highest BCUT2D eigenvalue weighted by Gasteiger charge is 2.27. The summed E-state index contributed by atoms with van der Waals surface area (Å²) in [5.41, 5.74) is 5.56. The van der Waals surface area contributed by atoms with Crippen LogP contribution in [0.4, 0.5) is 0 Å². The molecular formula is C8H13ClN2O2. The van der Waals surface area contributed by atoms with E-state index in [0.29, 0.717) is 13.0 Å². The number of alkyl halides is 1. The Bertz CT molecular complexity index is 220. The maximum Gasteiger partial charge on any atom is 0.223 e. The van der Waals surface area contributed by atoms with Gasteiger partial charge in [-0.3, -0.25) is 9.59 Å². The van der Waals surface area contributed by atoms with Gasteiger partial charge in [-0.15, -0.1) is 11.6 Å². The third-order valence-corrected chi connectivity index (χ3v) is 2.51. The molecule has 0 saturated carbocycles. The molecule has 1 rings (SSSR count). The number of hydrogen-bond acceptors (Lipinski definition) is 3. The Morgan fingerprint density at radius 2 is 2.46 bits per heavy atom. The van der Waals surface area contributed by atoms with Crippen LogP contribution in [-0.4, -0.2) is 30.2 Å². The smallest absolute Gasteiger partial charge is 0.223 e. The van der Waals surface area contributed by atoms with Crippen molar-refractivity contribution in [3.8, 4) is 0 Å². The molecule has 0 aromatic heterocycles. The number of hydrogen-bond donors (Lipinski definition) is 2. The molecule has 13 heavy (non-hydrogen) atoms. The third-order valence-electron chi connectivity index (χ3n) is 2.25. The molecule has 1 fully saturated rings. The zero-order chi connectivity index (χ0) is 9.84. The first-order chi connectivity index (χ1) is 6.15. The molecule has 1 saturated heterocycles. The van der Waals surface area contributed by atoms with Crippen LogP contribution in [0.1, 0.15) is 12.8 Å². The summed E-state index contributed by atoms with van der Waals surface area (Å²) in [6.45, 7) is 0.686. The minimum atomic E-state index is -0.591. The minimum Gasteiger partial charge on any atom is -0.356 e. The normalized spacial score (nSPS) is 24.2. The van der Waals surface area contributed by atoms with E-state index in [4.69, 9.17) is 17.3 Å². The van der Waals surface area contributed by atoms with E-state index in [-0.39, 0.29) is 23.5 Å². The van der Waals surface area contributed by atoms with E-state index in [0.717, 1.165) is 6.42 Å². The Balaban J connectivity index is 2.39. The summed E-state index contributed by atoms with van der Waals surface area (Å²) in [5, 5.41) is 2.69. The van der Waals surface area contributed by atoms with Crippen molar-refractivity contribution in [3.63, 3.8) is 0 Å². The fourth-order valence-electron chi connectivity index (χ4n) is 1.41. The number of Topliss-reactive ketones (excluding diaryl/α,β-unsaturated/α-hetero) is 1. The molecule has 0 aromatic rings. The van der Waals surface area contributed by atoms with E-state index in [1.165, 1.54) is 0 Å². The van der Waals surface area contributed by atoms with E-state index < -0.39 is 6.04 Å². The number of carbonyl (C=O) groups is 2. The number of nitrogens with two attached hydrogens (primary N) is 1. The third kappa shape index (κ3) is 2.67. The molecule has 1 aliphatic rings. The summed E-state index contributed by atoms with van der Waals surface area (Å²) in [6.07, 6.45) is 1.18. The van der Waals surface area contributed by atoms with Gasteiger partial charge >= 0.3 is 0 Å². The van der Waals surface area contributed by atoms with Crippen molar-refractivity contribution in [1.29, 1.82) is 0 Å². The van der Waals surface area contributed by atoms with Crippen molar-refractivity contribution in [2.24, 2.45) is 11.7 Å². The first-order valence-corrected chi connectivity index (χ1v) is 4.80. The Morgan fingerprint density at radius 3 is 2.92 bits per heavy atom. The summed E-state index contributed by atoms with van der Waals surface area (Å²) in [6, 6.07) is -0.591. The summed E-state index contributed by atoms with van der Waals surface area (Å²) in [4.78, 5) is 22.1. The quantitative estimate of drug-likeness (QED) is 0.615. The monoisotopic (exact) mass is 204 g/mol. The lowest BCUT2D eigenvalue weighted by Gasteiger charge is -2.11. The van der Waals surface area contributed by atoms with Crippen LogP contribution in [0, 0.1) is 5.92 Å². The highest BCUT2D eigenvalue weighted by atomic mass is 35.5. The number of rotatable bonds is 4. The van der Waals surface area contributed by atoms with E-state index >= 15 is 0 Å². The fourth-order valence-corrected chi connectivity index (χ4v) is 1.61. The van der Waals surface area contributed by atoms with Gasteiger partial charge < -0.3 is 11.1 Å². The first-order valence-electron chi connectivity index (χ1n) is 4.27. The molecule has 0 aromatic carbocycles. The number of amides is 1. The van der Waals surface area contributed by atoms with Crippen molar-refractivity contribution in [2.75, 3.05) is 12.4 Å². The second-order valence-electron chi connectivity index (χ2n) is 3.22. The van der Waals surface area contributed by atoms with Crippen LogP contribution in [0.2, 0.25) is 0 Å². The van der Waals surface area contributed by atoms with Gasteiger partial charge in [0.05, 0.1) is 11.9 Å². The summed E-state index contributed by atoms with van der Waals surface area (Å²) < 4.78 is 0. The lowest BCUT2D eigenvalue weighted by molar-refractivity contribution is -0.123. The van der Waals surface area contributed by atoms with Gasteiger partial charge in [0, 0.05) is 12.5 Å². The molecule has 4 nitrogen and oxygen atoms in total. The van der Waals surface area contributed by atoms with Gasteiger partial charge in [0.2, 0.25) is 5.91 Å². The van der Waals surface area contributed by atoms with Gasteiger partial charge in [0.15, 0.2) is 5.78 Å². The topological polar surface area (TPSA) is 72.2 Å². The van der Waals surface area contributed by atoms with Crippen molar-refractivity contribution in [3.05, 3.63) is 0 Å². The molecule has 0 aliphatic carbocycles. The van der Waals surface area contributed by atoms with E-state index in [2.05, 4.69) is 5.32 Å². The van der Waals surface area contributed by atoms with E-state index in [9.17, 15) is 9.59 Å². The molecule has 1 amide bonds. The zero-order valence-corrected chi connectivity index (χ0v) is 8.01. The number of carbonyl (C=O) groups excluding carboxylic acids is 2. The molecule has 0 spiro atoms. The maximum absolute atomic E-state index is 11.1. The van der Waals surface area contributed by atoms with Crippen LogP contribution in [0.25, 0.3) is 0 Å². The average molecular weight is 205 g/mol. The molecule has 5 heteroatoms. The van der Waals surface area contributed by atoms with Crippen LogP contribution in [0.5, 0.6) is 0 Å². The molecular weight excluding hydrogens is 192 g/mol.